The molecule has 0 unspecified atom stereocenters. The van der Waals surface area contributed by atoms with Gasteiger partial charge in [0.15, 0.2) is 0 Å². The number of amides is 1. The molecule has 1 atom stereocenters. The highest BCUT2D eigenvalue weighted by molar-refractivity contribution is 7.91. The first-order valence-corrected chi connectivity index (χ1v) is 9.60. The largest absolute Gasteiger partial charge is 0.356 e. The van der Waals surface area contributed by atoms with Crippen LogP contribution in [0.2, 0.25) is 0 Å². The zero-order valence-electron chi connectivity index (χ0n) is 12.1. The molecular formula is C14H20N2O3S2. The van der Waals surface area contributed by atoms with Crippen molar-refractivity contribution in [3.05, 3.63) is 17.0 Å². The maximum atomic E-state index is 12.7. The molecule has 0 saturated carbocycles. The molecule has 0 bridgehead atoms. The summed E-state index contributed by atoms with van der Waals surface area (Å²) in [5.41, 5.74) is 0.465. The SMILES string of the molecule is Cc1ccsc1S(=O)(=O)N1CCC[C@]2(CCNC2=O)CC1. The van der Waals surface area contributed by atoms with Crippen molar-refractivity contribution >= 4 is 27.3 Å². The number of aryl methyl sites for hydroxylation is 1. The van der Waals surface area contributed by atoms with Gasteiger partial charge in [0.25, 0.3) is 10.0 Å². The van der Waals surface area contributed by atoms with Gasteiger partial charge < -0.3 is 5.32 Å². The third kappa shape index (κ3) is 2.51. The third-order valence-electron chi connectivity index (χ3n) is 4.66. The Morgan fingerprint density at radius 2 is 2.10 bits per heavy atom. The number of rotatable bonds is 2. The predicted octanol–water partition coefficient (Wildman–Crippen LogP) is 1.74. The molecule has 1 spiro atoms. The van der Waals surface area contributed by atoms with E-state index < -0.39 is 10.0 Å². The summed E-state index contributed by atoms with van der Waals surface area (Å²) in [5.74, 6) is 0.106. The number of nitrogens with zero attached hydrogens (tertiary/aromatic N) is 1. The highest BCUT2D eigenvalue weighted by Gasteiger charge is 2.44. The second-order valence-corrected chi connectivity index (χ2v) is 8.98. The van der Waals surface area contributed by atoms with Gasteiger partial charge in [-0.1, -0.05) is 0 Å². The van der Waals surface area contributed by atoms with Gasteiger partial charge in [0.05, 0.1) is 5.41 Å². The smallest absolute Gasteiger partial charge is 0.252 e. The van der Waals surface area contributed by atoms with E-state index in [0.29, 0.717) is 23.7 Å². The molecule has 7 heteroatoms. The van der Waals surface area contributed by atoms with Gasteiger partial charge in [-0.3, -0.25) is 4.79 Å². The quantitative estimate of drug-likeness (QED) is 0.899. The summed E-state index contributed by atoms with van der Waals surface area (Å²) in [5, 5.41) is 4.70. The summed E-state index contributed by atoms with van der Waals surface area (Å²) in [7, 11) is -3.42. The zero-order valence-corrected chi connectivity index (χ0v) is 13.7. The molecule has 3 rings (SSSR count). The molecule has 0 aliphatic carbocycles. The molecule has 3 heterocycles. The van der Waals surface area contributed by atoms with Crippen molar-refractivity contribution in [1.82, 2.24) is 9.62 Å². The molecular weight excluding hydrogens is 308 g/mol. The average Bonchev–Trinajstić information content (AvgIpc) is 2.93. The lowest BCUT2D eigenvalue weighted by Gasteiger charge is -2.24. The third-order valence-corrected chi connectivity index (χ3v) is 8.23. The molecule has 1 amide bonds. The molecule has 21 heavy (non-hydrogen) atoms. The van der Waals surface area contributed by atoms with Crippen molar-refractivity contribution in [2.24, 2.45) is 5.41 Å². The normalized spacial score (nSPS) is 27.8. The van der Waals surface area contributed by atoms with E-state index in [4.69, 9.17) is 0 Å². The van der Waals surface area contributed by atoms with E-state index in [1.807, 2.05) is 18.4 Å². The highest BCUT2D eigenvalue weighted by atomic mass is 32.2. The minimum atomic E-state index is -3.42. The number of sulfonamides is 1. The number of carbonyl (C=O) groups is 1. The summed E-state index contributed by atoms with van der Waals surface area (Å²) in [6.07, 6.45) is 2.99. The molecule has 2 saturated heterocycles. The Kier molecular flexibility index (Phi) is 3.83. The van der Waals surface area contributed by atoms with Crippen LogP contribution in [0.25, 0.3) is 0 Å². The molecule has 116 valence electrons. The lowest BCUT2D eigenvalue weighted by atomic mass is 9.79. The Morgan fingerprint density at radius 1 is 1.29 bits per heavy atom. The number of hydrogen-bond acceptors (Lipinski definition) is 4. The lowest BCUT2D eigenvalue weighted by Crippen LogP contribution is -2.35. The van der Waals surface area contributed by atoms with Gasteiger partial charge in [0, 0.05) is 19.6 Å². The van der Waals surface area contributed by atoms with Gasteiger partial charge >= 0.3 is 0 Å². The van der Waals surface area contributed by atoms with Crippen LogP contribution in [0.3, 0.4) is 0 Å². The first-order valence-electron chi connectivity index (χ1n) is 7.28. The standard InChI is InChI=1S/C14H20N2O3S2/c1-11-3-10-20-12(11)21(18,19)16-8-2-4-14(6-9-16)5-7-15-13(14)17/h3,10H,2,4-9H2,1H3,(H,15,17)/t14-/m0/s1. The lowest BCUT2D eigenvalue weighted by molar-refractivity contribution is -0.128. The van der Waals surface area contributed by atoms with Gasteiger partial charge in [0.1, 0.15) is 4.21 Å². The van der Waals surface area contributed by atoms with E-state index in [2.05, 4.69) is 5.32 Å². The number of hydrogen-bond donors (Lipinski definition) is 1. The van der Waals surface area contributed by atoms with Crippen molar-refractivity contribution in [3.8, 4) is 0 Å². The van der Waals surface area contributed by atoms with Crippen molar-refractivity contribution in [1.29, 1.82) is 0 Å². The van der Waals surface area contributed by atoms with Crippen molar-refractivity contribution in [2.75, 3.05) is 19.6 Å². The fourth-order valence-corrected chi connectivity index (χ4v) is 6.37. The van der Waals surface area contributed by atoms with Gasteiger partial charge in [0.2, 0.25) is 5.91 Å². The molecule has 0 radical (unpaired) electrons. The highest BCUT2D eigenvalue weighted by Crippen LogP contribution is 2.39. The van der Waals surface area contributed by atoms with Crippen LogP contribution in [0.4, 0.5) is 0 Å². The van der Waals surface area contributed by atoms with Crippen LogP contribution < -0.4 is 5.32 Å². The van der Waals surface area contributed by atoms with Gasteiger partial charge in [-0.2, -0.15) is 4.31 Å². The van der Waals surface area contributed by atoms with E-state index >= 15 is 0 Å². The van der Waals surface area contributed by atoms with Crippen molar-refractivity contribution in [2.45, 2.75) is 36.8 Å². The van der Waals surface area contributed by atoms with Crippen LogP contribution in [0, 0.1) is 12.3 Å². The van der Waals surface area contributed by atoms with Crippen molar-refractivity contribution < 1.29 is 13.2 Å². The van der Waals surface area contributed by atoms with E-state index in [0.717, 1.165) is 31.4 Å². The fourth-order valence-electron chi connectivity index (χ4n) is 3.34. The summed E-state index contributed by atoms with van der Waals surface area (Å²) >= 11 is 1.27. The first-order chi connectivity index (χ1) is 9.96. The Morgan fingerprint density at radius 3 is 2.71 bits per heavy atom. The number of nitrogens with one attached hydrogen (secondary N) is 1. The second kappa shape index (κ2) is 5.37. The van der Waals surface area contributed by atoms with Crippen molar-refractivity contribution in [3.63, 3.8) is 0 Å². The van der Waals surface area contributed by atoms with E-state index in [1.165, 1.54) is 11.3 Å². The predicted molar refractivity (Wildman–Crippen MR) is 81.7 cm³/mol. The van der Waals surface area contributed by atoms with Crippen LogP contribution in [-0.4, -0.2) is 38.3 Å². The fraction of sp³-hybridized carbons (Fsp3) is 0.643. The summed E-state index contributed by atoms with van der Waals surface area (Å²) < 4.78 is 27.5. The Labute approximate surface area is 129 Å². The van der Waals surface area contributed by atoms with E-state index in [-0.39, 0.29) is 11.3 Å². The first kappa shape index (κ1) is 15.0. The Bertz CT molecular complexity index is 653. The minimum Gasteiger partial charge on any atom is -0.356 e. The average molecular weight is 328 g/mol. The molecule has 0 aromatic carbocycles. The second-order valence-electron chi connectivity index (χ2n) is 5.93. The Hall–Kier alpha value is -0.920. The minimum absolute atomic E-state index is 0.106. The van der Waals surface area contributed by atoms with Crippen LogP contribution in [0.5, 0.6) is 0 Å². The molecule has 1 aromatic rings. The monoisotopic (exact) mass is 328 g/mol. The number of thiophene rings is 1. The number of carbonyl (C=O) groups excluding carboxylic acids is 1. The van der Waals surface area contributed by atoms with Crippen LogP contribution in [0.15, 0.2) is 15.7 Å². The maximum Gasteiger partial charge on any atom is 0.252 e. The summed E-state index contributed by atoms with van der Waals surface area (Å²) in [6.45, 7) is 3.49. The molecule has 2 aliphatic heterocycles. The van der Waals surface area contributed by atoms with Gasteiger partial charge in [-0.25, -0.2) is 8.42 Å². The van der Waals surface area contributed by atoms with Gasteiger partial charge in [-0.05, 0) is 49.6 Å². The Balaban J connectivity index is 1.82. The molecule has 1 aromatic heterocycles. The van der Waals surface area contributed by atoms with Crippen LogP contribution in [0.1, 0.15) is 31.2 Å². The topological polar surface area (TPSA) is 66.5 Å². The van der Waals surface area contributed by atoms with Gasteiger partial charge in [-0.15, -0.1) is 11.3 Å². The zero-order chi connectivity index (χ0) is 15.1. The maximum absolute atomic E-state index is 12.7. The molecule has 2 aliphatic rings. The molecule has 2 fully saturated rings. The van der Waals surface area contributed by atoms with Crippen LogP contribution in [-0.2, 0) is 14.8 Å². The molecule has 5 nitrogen and oxygen atoms in total. The summed E-state index contributed by atoms with van der Waals surface area (Å²) in [6, 6.07) is 1.83. The van der Waals surface area contributed by atoms with Crippen LogP contribution >= 0.6 is 11.3 Å². The van der Waals surface area contributed by atoms with E-state index in [1.54, 1.807) is 4.31 Å². The molecule has 1 N–H and O–H groups in total. The summed E-state index contributed by atoms with van der Waals surface area (Å²) in [4.78, 5) is 12.1. The van der Waals surface area contributed by atoms with E-state index in [9.17, 15) is 13.2 Å².